The summed E-state index contributed by atoms with van der Waals surface area (Å²) in [5, 5.41) is 16.9. The predicted octanol–water partition coefficient (Wildman–Crippen LogP) is 4.30. The minimum absolute atomic E-state index is 0.0184. The normalized spacial score (nSPS) is 19.8. The Morgan fingerprint density at radius 3 is 2.64 bits per heavy atom. The van der Waals surface area contributed by atoms with Crippen molar-refractivity contribution in [2.24, 2.45) is 0 Å². The lowest BCUT2D eigenvalue weighted by Gasteiger charge is -2.41. The number of aryl methyl sites for hydroxylation is 2. The first-order chi connectivity index (χ1) is 21.5. The van der Waals surface area contributed by atoms with Crippen molar-refractivity contribution in [3.63, 3.8) is 0 Å². The number of rotatable bonds is 13. The van der Waals surface area contributed by atoms with Crippen molar-refractivity contribution < 1.29 is 37.3 Å². The minimum atomic E-state index is -4.43. The average molecular weight is 633 g/mol. The van der Waals surface area contributed by atoms with Gasteiger partial charge in [-0.3, -0.25) is 9.69 Å². The Labute approximate surface area is 259 Å². The number of hydrogen-bond donors (Lipinski definition) is 2. The van der Waals surface area contributed by atoms with Gasteiger partial charge in [-0.1, -0.05) is 30.3 Å². The van der Waals surface area contributed by atoms with Crippen LogP contribution in [0.2, 0.25) is 0 Å². The third kappa shape index (κ3) is 8.50. The van der Waals surface area contributed by atoms with Crippen LogP contribution in [0.4, 0.5) is 18.0 Å². The van der Waals surface area contributed by atoms with E-state index in [2.05, 4.69) is 5.32 Å². The molecule has 0 bridgehead atoms. The van der Waals surface area contributed by atoms with E-state index >= 15 is 0 Å². The second kappa shape index (κ2) is 14.1. The summed E-state index contributed by atoms with van der Waals surface area (Å²) in [6.45, 7) is 3.70. The van der Waals surface area contributed by atoms with Gasteiger partial charge in [0.05, 0.1) is 31.0 Å². The molecule has 2 aromatic heterocycles. The number of pyridine rings is 1. The number of halogens is 3. The molecular formula is C31H39F3N6O5. The van der Waals surface area contributed by atoms with Crippen LogP contribution in [0.15, 0.2) is 42.5 Å². The van der Waals surface area contributed by atoms with Crippen LogP contribution in [0.3, 0.4) is 0 Å². The maximum absolute atomic E-state index is 14.2. The van der Waals surface area contributed by atoms with Gasteiger partial charge in [0.15, 0.2) is 5.65 Å². The number of carboxylic acid groups (broad SMARTS) is 1. The molecule has 1 aromatic carbocycles. The topological polar surface area (TPSA) is 122 Å². The Morgan fingerprint density at radius 1 is 1.20 bits per heavy atom. The molecule has 1 aliphatic carbocycles. The first kappa shape index (κ1) is 32.6. The van der Waals surface area contributed by atoms with Gasteiger partial charge < -0.3 is 24.8 Å². The van der Waals surface area contributed by atoms with Crippen LogP contribution in [-0.4, -0.2) is 98.9 Å². The summed E-state index contributed by atoms with van der Waals surface area (Å²) in [6.07, 6.45) is -4.12. The molecule has 1 aliphatic heterocycles. The number of aromatic nitrogens is 3. The molecular weight excluding hydrogens is 593 g/mol. The van der Waals surface area contributed by atoms with Gasteiger partial charge >= 0.3 is 12.3 Å². The van der Waals surface area contributed by atoms with Crippen LogP contribution < -0.4 is 5.32 Å². The van der Waals surface area contributed by atoms with Crippen LogP contribution in [0.25, 0.3) is 11.0 Å². The van der Waals surface area contributed by atoms with Crippen molar-refractivity contribution in [1.82, 2.24) is 29.9 Å². The Hall–Kier alpha value is -3.75. The molecule has 1 saturated carbocycles. The first-order valence-electron chi connectivity index (χ1n) is 15.2. The lowest BCUT2D eigenvalue weighted by atomic mass is 10.1. The lowest BCUT2D eigenvalue weighted by Crippen LogP contribution is -2.56. The van der Waals surface area contributed by atoms with Crippen LogP contribution in [0.5, 0.6) is 0 Å². The first-order valence-corrected chi connectivity index (χ1v) is 15.2. The van der Waals surface area contributed by atoms with Gasteiger partial charge in [-0.05, 0) is 50.8 Å². The molecule has 3 aromatic rings. The highest BCUT2D eigenvalue weighted by atomic mass is 19.4. The smallest absolute Gasteiger partial charge is 0.411 e. The van der Waals surface area contributed by atoms with Gasteiger partial charge in [0.1, 0.15) is 12.7 Å². The van der Waals surface area contributed by atoms with Crippen LogP contribution in [-0.2, 0) is 27.4 Å². The molecule has 45 heavy (non-hydrogen) atoms. The quantitative estimate of drug-likeness (QED) is 0.268. The average Bonchev–Trinajstić information content (AvgIpc) is 3.76. The lowest BCUT2D eigenvalue weighted by molar-refractivity contribution is -0.184. The number of benzene rings is 1. The van der Waals surface area contributed by atoms with E-state index in [1.807, 2.05) is 66.1 Å². The Morgan fingerprint density at radius 2 is 1.96 bits per heavy atom. The number of nitrogens with zero attached hydrogens (tertiary/aromatic N) is 5. The van der Waals surface area contributed by atoms with Crippen molar-refractivity contribution in [1.29, 1.82) is 0 Å². The minimum Gasteiger partial charge on any atom is -0.465 e. The summed E-state index contributed by atoms with van der Waals surface area (Å²) in [5.74, 6) is -0.189. The number of nitrogens with one attached hydrogen (secondary N) is 1. The SMILES string of the molecule is Cc1ccc2c([C@@H](C)N(C(=O)[C@H]3CN(Cc4ccccc4)[C@H](COCC(F)(F)F)CO3)C3CC3)nn(CCCNC(=O)O)c2n1. The second-order valence-corrected chi connectivity index (χ2v) is 11.7. The highest BCUT2D eigenvalue weighted by Crippen LogP contribution is 2.37. The van der Waals surface area contributed by atoms with Gasteiger partial charge in [0.25, 0.3) is 5.91 Å². The van der Waals surface area contributed by atoms with Gasteiger partial charge in [-0.2, -0.15) is 18.3 Å². The number of amides is 2. The van der Waals surface area contributed by atoms with Crippen molar-refractivity contribution in [2.75, 3.05) is 32.9 Å². The fourth-order valence-corrected chi connectivity index (χ4v) is 5.77. The molecule has 0 spiro atoms. The maximum Gasteiger partial charge on any atom is 0.411 e. The molecule has 2 aliphatic rings. The summed E-state index contributed by atoms with van der Waals surface area (Å²) >= 11 is 0. The summed E-state index contributed by atoms with van der Waals surface area (Å²) in [4.78, 5) is 33.6. The monoisotopic (exact) mass is 632 g/mol. The van der Waals surface area contributed by atoms with Crippen LogP contribution in [0.1, 0.15) is 49.2 Å². The van der Waals surface area contributed by atoms with E-state index in [1.54, 1.807) is 4.68 Å². The van der Waals surface area contributed by atoms with Crippen molar-refractivity contribution in [3.05, 3.63) is 59.4 Å². The number of carbonyl (C=O) groups excluding carboxylic acids is 1. The molecule has 3 heterocycles. The Balaban J connectivity index is 1.35. The van der Waals surface area contributed by atoms with Crippen LogP contribution in [0, 0.1) is 6.92 Å². The van der Waals surface area contributed by atoms with E-state index < -0.39 is 37.1 Å². The number of carbonyl (C=O) groups is 2. The fourth-order valence-electron chi connectivity index (χ4n) is 5.77. The van der Waals surface area contributed by atoms with E-state index in [1.165, 1.54) is 0 Å². The third-order valence-electron chi connectivity index (χ3n) is 8.08. The standard InChI is InChI=1S/C31H39F3N6O5/c1-20-9-12-25-27(37-39(28(25)36-20)14-6-13-35-30(42)43)21(2)40(23-10-11-23)29(41)26-16-38(15-22-7-4-3-5-8-22)24(18-45-26)17-44-19-31(32,33)34/h3-5,7-9,12,21,23-24,26,35H,6,10-11,13-19H2,1-2H3,(H,42,43)/t21-,24-,26-/m1/s1. The molecule has 2 N–H and O–H groups in total. The molecule has 11 nitrogen and oxygen atoms in total. The van der Waals surface area contributed by atoms with Gasteiger partial charge in [-0.15, -0.1) is 0 Å². The summed E-state index contributed by atoms with van der Waals surface area (Å²) in [7, 11) is 0. The number of ether oxygens (including phenoxy) is 2. The third-order valence-corrected chi connectivity index (χ3v) is 8.08. The van der Waals surface area contributed by atoms with E-state index in [-0.39, 0.29) is 38.3 Å². The van der Waals surface area contributed by atoms with Crippen molar-refractivity contribution in [2.45, 2.75) is 76.6 Å². The van der Waals surface area contributed by atoms with Gasteiger partial charge in [-0.25, -0.2) is 14.5 Å². The summed E-state index contributed by atoms with van der Waals surface area (Å²) in [6, 6.07) is 12.6. The molecule has 3 atom stereocenters. The van der Waals surface area contributed by atoms with Gasteiger partial charge in [0, 0.05) is 43.3 Å². The highest BCUT2D eigenvalue weighted by Gasteiger charge is 2.43. The summed E-state index contributed by atoms with van der Waals surface area (Å²) < 4.78 is 51.2. The Kier molecular flexibility index (Phi) is 10.2. The van der Waals surface area contributed by atoms with Gasteiger partial charge in [0.2, 0.25) is 0 Å². The zero-order valence-electron chi connectivity index (χ0n) is 25.4. The van der Waals surface area contributed by atoms with E-state index in [0.717, 1.165) is 29.5 Å². The second-order valence-electron chi connectivity index (χ2n) is 11.7. The number of fused-ring (bicyclic) bond motifs is 1. The Bertz CT molecular complexity index is 1470. The molecule has 1 saturated heterocycles. The molecule has 2 amide bonds. The fraction of sp³-hybridized carbons (Fsp3) is 0.548. The molecule has 14 heteroatoms. The zero-order valence-corrected chi connectivity index (χ0v) is 25.4. The largest absolute Gasteiger partial charge is 0.465 e. The molecule has 0 unspecified atom stereocenters. The zero-order chi connectivity index (χ0) is 32.1. The van der Waals surface area contributed by atoms with Crippen LogP contribution >= 0.6 is 0 Å². The number of morpholine rings is 1. The molecule has 0 radical (unpaired) electrons. The van der Waals surface area contributed by atoms with Crippen molar-refractivity contribution in [3.8, 4) is 0 Å². The number of hydrogen-bond acceptors (Lipinski definition) is 7. The highest BCUT2D eigenvalue weighted by molar-refractivity contribution is 5.84. The van der Waals surface area contributed by atoms with Crippen molar-refractivity contribution >= 4 is 23.0 Å². The molecule has 244 valence electrons. The summed E-state index contributed by atoms with van der Waals surface area (Å²) in [5.41, 5.74) is 3.14. The predicted molar refractivity (Wildman–Crippen MR) is 158 cm³/mol. The molecule has 2 fully saturated rings. The van der Waals surface area contributed by atoms with E-state index in [9.17, 15) is 22.8 Å². The number of alkyl halides is 3. The van der Waals surface area contributed by atoms with E-state index in [0.29, 0.717) is 30.9 Å². The molecule has 5 rings (SSSR count). The van der Waals surface area contributed by atoms with E-state index in [4.69, 9.17) is 24.7 Å². The maximum atomic E-state index is 14.2.